The van der Waals surface area contributed by atoms with Crippen LogP contribution in [0.3, 0.4) is 0 Å². The molecule has 28 heavy (non-hydrogen) atoms. The fourth-order valence-corrected chi connectivity index (χ4v) is 4.24. The van der Waals surface area contributed by atoms with Crippen LogP contribution in [0, 0.1) is 5.41 Å². The smallest absolute Gasteiger partial charge is 0.407 e. The first kappa shape index (κ1) is 20.5. The molecular formula is C21H31N3O4. The maximum Gasteiger partial charge on any atom is 0.407 e. The number of fused-ring (bicyclic) bond motifs is 1. The topological polar surface area (TPSA) is 82.1 Å². The van der Waals surface area contributed by atoms with Crippen molar-refractivity contribution in [2.24, 2.45) is 5.41 Å². The molecule has 2 amide bonds. The van der Waals surface area contributed by atoms with Crippen LogP contribution in [0.25, 0.3) is 0 Å². The predicted molar refractivity (Wildman–Crippen MR) is 108 cm³/mol. The number of rotatable bonds is 3. The van der Waals surface area contributed by atoms with Gasteiger partial charge in [0.15, 0.2) is 0 Å². The number of carbonyl (C=O) groups is 2. The molecule has 2 heterocycles. The molecule has 154 valence electrons. The second kappa shape index (κ2) is 7.62. The van der Waals surface area contributed by atoms with Crippen molar-refractivity contribution >= 4 is 17.7 Å². The Bertz CT molecular complexity index is 764. The van der Waals surface area contributed by atoms with Gasteiger partial charge in [0.25, 0.3) is 5.91 Å². The van der Waals surface area contributed by atoms with Gasteiger partial charge in [-0.2, -0.15) is 0 Å². The van der Waals surface area contributed by atoms with Gasteiger partial charge in [-0.25, -0.2) is 4.79 Å². The molecule has 1 saturated heterocycles. The lowest BCUT2D eigenvalue weighted by molar-refractivity contribution is 0.0758. The Labute approximate surface area is 166 Å². The number of benzene rings is 1. The fraction of sp³-hybridized carbons (Fsp3) is 0.619. The van der Waals surface area contributed by atoms with E-state index in [0.717, 1.165) is 23.2 Å². The molecule has 1 aromatic carbocycles. The van der Waals surface area contributed by atoms with Crippen LogP contribution in [0.5, 0.6) is 0 Å². The number of carbonyl (C=O) groups excluding carboxylic acids is 1. The van der Waals surface area contributed by atoms with E-state index < -0.39 is 6.09 Å². The lowest BCUT2D eigenvalue weighted by Crippen LogP contribution is -2.45. The predicted octanol–water partition coefficient (Wildman–Crippen LogP) is 3.21. The van der Waals surface area contributed by atoms with Crippen molar-refractivity contribution in [1.29, 1.82) is 0 Å². The summed E-state index contributed by atoms with van der Waals surface area (Å²) in [6.07, 6.45) is 0.580. The fourth-order valence-electron chi connectivity index (χ4n) is 4.24. The molecule has 1 aromatic rings. The summed E-state index contributed by atoms with van der Waals surface area (Å²) in [5, 5.41) is 13.4. The van der Waals surface area contributed by atoms with Gasteiger partial charge in [-0.1, -0.05) is 20.8 Å². The Morgan fingerprint density at radius 2 is 2.00 bits per heavy atom. The van der Waals surface area contributed by atoms with Crippen LogP contribution in [-0.4, -0.2) is 66.8 Å². The molecule has 0 bridgehead atoms. The van der Waals surface area contributed by atoms with E-state index in [1.165, 1.54) is 4.90 Å². The van der Waals surface area contributed by atoms with Crippen LogP contribution in [0.4, 0.5) is 10.5 Å². The van der Waals surface area contributed by atoms with Gasteiger partial charge in [0.1, 0.15) is 0 Å². The van der Waals surface area contributed by atoms with Crippen molar-refractivity contribution in [3.63, 3.8) is 0 Å². The van der Waals surface area contributed by atoms with E-state index in [9.17, 15) is 14.7 Å². The Hall–Kier alpha value is -2.28. The molecule has 0 aromatic heterocycles. The molecule has 0 radical (unpaired) electrons. The van der Waals surface area contributed by atoms with Crippen LogP contribution >= 0.6 is 0 Å². The lowest BCUT2D eigenvalue weighted by atomic mass is 9.76. The summed E-state index contributed by atoms with van der Waals surface area (Å²) in [5.41, 5.74) is 3.23. The van der Waals surface area contributed by atoms with E-state index in [-0.39, 0.29) is 23.4 Å². The van der Waals surface area contributed by atoms with E-state index in [2.05, 4.69) is 26.1 Å². The van der Waals surface area contributed by atoms with E-state index >= 15 is 0 Å². The van der Waals surface area contributed by atoms with E-state index in [1.54, 1.807) is 19.0 Å². The van der Waals surface area contributed by atoms with Crippen molar-refractivity contribution in [1.82, 2.24) is 9.80 Å². The zero-order chi connectivity index (χ0) is 20.6. The highest BCUT2D eigenvalue weighted by atomic mass is 16.5. The third kappa shape index (κ3) is 3.94. The number of hydrogen-bond acceptors (Lipinski definition) is 4. The maximum absolute atomic E-state index is 12.6. The van der Waals surface area contributed by atoms with Gasteiger partial charge in [0.2, 0.25) is 0 Å². The minimum Gasteiger partial charge on any atom is -0.465 e. The second-order valence-corrected chi connectivity index (χ2v) is 9.00. The molecule has 7 heteroatoms. The van der Waals surface area contributed by atoms with Crippen molar-refractivity contribution < 1.29 is 19.4 Å². The normalized spacial score (nSPS) is 22.0. The zero-order valence-corrected chi connectivity index (χ0v) is 17.4. The minimum absolute atomic E-state index is 0.0542. The van der Waals surface area contributed by atoms with Crippen LogP contribution < -0.4 is 5.32 Å². The molecule has 0 spiro atoms. The Morgan fingerprint density at radius 3 is 2.54 bits per heavy atom. The van der Waals surface area contributed by atoms with Gasteiger partial charge in [-0.15, -0.1) is 0 Å². The summed E-state index contributed by atoms with van der Waals surface area (Å²) in [4.78, 5) is 27.7. The summed E-state index contributed by atoms with van der Waals surface area (Å²) in [6, 6.07) is 3.69. The van der Waals surface area contributed by atoms with Gasteiger partial charge in [-0.3, -0.25) is 4.79 Å². The Morgan fingerprint density at radius 1 is 1.29 bits per heavy atom. The molecule has 7 nitrogen and oxygen atoms in total. The molecule has 2 aliphatic heterocycles. The van der Waals surface area contributed by atoms with Crippen molar-refractivity contribution in [3.8, 4) is 0 Å². The number of ether oxygens (including phenoxy) is 1. The number of nitrogens with one attached hydrogen (secondary N) is 1. The van der Waals surface area contributed by atoms with Crippen LogP contribution in [0.1, 0.15) is 54.7 Å². The molecule has 0 saturated carbocycles. The number of carboxylic acid groups (broad SMARTS) is 1. The van der Waals surface area contributed by atoms with Gasteiger partial charge < -0.3 is 25.0 Å². The highest BCUT2D eigenvalue weighted by Crippen LogP contribution is 2.46. The van der Waals surface area contributed by atoms with E-state index in [0.29, 0.717) is 31.7 Å². The largest absolute Gasteiger partial charge is 0.465 e. The average molecular weight is 389 g/mol. The molecule has 3 rings (SSSR count). The maximum atomic E-state index is 12.6. The third-order valence-electron chi connectivity index (χ3n) is 5.48. The van der Waals surface area contributed by atoms with Crippen LogP contribution in [0.2, 0.25) is 0 Å². The molecule has 2 aliphatic rings. The molecule has 2 N–H and O–H groups in total. The molecule has 1 unspecified atom stereocenters. The van der Waals surface area contributed by atoms with Crippen LogP contribution in [-0.2, 0) is 11.2 Å². The number of anilines is 1. The highest BCUT2D eigenvalue weighted by molar-refractivity contribution is 5.95. The first-order valence-electron chi connectivity index (χ1n) is 9.82. The van der Waals surface area contributed by atoms with Crippen LogP contribution in [0.15, 0.2) is 12.1 Å². The summed E-state index contributed by atoms with van der Waals surface area (Å²) in [6.45, 7) is 7.93. The van der Waals surface area contributed by atoms with Crippen molar-refractivity contribution in [3.05, 3.63) is 28.8 Å². The molecule has 2 atom stereocenters. The van der Waals surface area contributed by atoms with Crippen molar-refractivity contribution in [2.75, 3.05) is 39.2 Å². The Balaban J connectivity index is 2.15. The molecule has 0 aliphatic carbocycles. The summed E-state index contributed by atoms with van der Waals surface area (Å²) >= 11 is 0. The zero-order valence-electron chi connectivity index (χ0n) is 17.4. The van der Waals surface area contributed by atoms with Gasteiger partial charge >= 0.3 is 6.09 Å². The number of amides is 2. The first-order valence-corrected chi connectivity index (χ1v) is 9.82. The average Bonchev–Trinajstić information content (AvgIpc) is 3.11. The SMILES string of the molecule is CN(C)C(=O)c1cc2c(c(NC3CCOC3)c1)[C@@H](C(C)(C)C)N(C(=O)O)CC2. The molecular weight excluding hydrogens is 358 g/mol. The molecule has 1 fully saturated rings. The third-order valence-corrected chi connectivity index (χ3v) is 5.48. The van der Waals surface area contributed by atoms with E-state index in [4.69, 9.17) is 4.74 Å². The monoisotopic (exact) mass is 389 g/mol. The quantitative estimate of drug-likeness (QED) is 0.830. The summed E-state index contributed by atoms with van der Waals surface area (Å²) in [5.74, 6) is -0.0542. The lowest BCUT2D eigenvalue weighted by Gasteiger charge is -2.44. The minimum atomic E-state index is -0.908. The van der Waals surface area contributed by atoms with Crippen molar-refractivity contribution in [2.45, 2.75) is 45.7 Å². The van der Waals surface area contributed by atoms with Gasteiger partial charge in [0.05, 0.1) is 18.7 Å². The number of hydrogen-bond donors (Lipinski definition) is 2. The number of nitrogens with zero attached hydrogens (tertiary/aromatic N) is 2. The van der Waals surface area contributed by atoms with Gasteiger partial charge in [-0.05, 0) is 36.0 Å². The first-order chi connectivity index (χ1) is 13.1. The van der Waals surface area contributed by atoms with E-state index in [1.807, 2.05) is 12.1 Å². The summed E-state index contributed by atoms with van der Waals surface area (Å²) in [7, 11) is 3.48. The van der Waals surface area contributed by atoms with Gasteiger partial charge in [0, 0.05) is 44.1 Å². The standard InChI is InChI=1S/C21H31N3O4/c1-21(2,3)18-17-13(6-8-24(18)20(26)27)10-14(19(25)23(4)5)11-16(17)22-15-7-9-28-12-15/h10-11,15,18,22H,6-9,12H2,1-5H3,(H,26,27)/t15?,18-/m0/s1. The summed E-state index contributed by atoms with van der Waals surface area (Å²) < 4.78 is 5.50. The Kier molecular flexibility index (Phi) is 5.57. The second-order valence-electron chi connectivity index (χ2n) is 9.00. The highest BCUT2D eigenvalue weighted by Gasteiger charge is 2.41.